The average Bonchev–Trinajstić information content (AvgIpc) is 2.26. The SMILES string of the molecule is N#CCc1cc([N+](=O)[O-])c(C(F)(F)F)nc1C(F)F. The van der Waals surface area contributed by atoms with Crippen molar-refractivity contribution in [3.63, 3.8) is 0 Å². The predicted octanol–water partition coefficient (Wildman–Crippen LogP) is 3.01. The van der Waals surface area contributed by atoms with Crippen LogP contribution in [0.5, 0.6) is 0 Å². The van der Waals surface area contributed by atoms with Crippen molar-refractivity contribution in [1.29, 1.82) is 5.26 Å². The molecule has 0 saturated heterocycles. The number of alkyl halides is 5. The second-order valence-corrected chi connectivity index (χ2v) is 3.29. The van der Waals surface area contributed by atoms with Gasteiger partial charge < -0.3 is 0 Å². The minimum atomic E-state index is -5.24. The maximum Gasteiger partial charge on any atom is 0.440 e. The van der Waals surface area contributed by atoms with E-state index in [9.17, 15) is 32.1 Å². The quantitative estimate of drug-likeness (QED) is 0.484. The van der Waals surface area contributed by atoms with E-state index in [-0.39, 0.29) is 0 Å². The lowest BCUT2D eigenvalue weighted by Crippen LogP contribution is -2.15. The van der Waals surface area contributed by atoms with Crippen LogP contribution in [0.4, 0.5) is 27.6 Å². The van der Waals surface area contributed by atoms with Gasteiger partial charge in [0.15, 0.2) is 0 Å². The van der Waals surface area contributed by atoms with Crippen LogP contribution in [0.25, 0.3) is 0 Å². The lowest BCUT2D eigenvalue weighted by atomic mass is 10.1. The molecule has 0 radical (unpaired) electrons. The molecule has 0 spiro atoms. The molecule has 0 aliphatic rings. The molecule has 0 saturated carbocycles. The van der Waals surface area contributed by atoms with Crippen LogP contribution in [0.1, 0.15) is 23.4 Å². The van der Waals surface area contributed by atoms with Crippen LogP contribution in [-0.2, 0) is 12.6 Å². The molecule has 1 aromatic heterocycles. The highest BCUT2D eigenvalue weighted by atomic mass is 19.4. The summed E-state index contributed by atoms with van der Waals surface area (Å²) in [5, 5.41) is 18.9. The molecule has 0 aliphatic heterocycles. The van der Waals surface area contributed by atoms with Gasteiger partial charge in [-0.05, 0) is 0 Å². The summed E-state index contributed by atoms with van der Waals surface area (Å²) in [5.74, 6) is 0. The molecule has 0 bridgehead atoms. The van der Waals surface area contributed by atoms with Gasteiger partial charge in [-0.2, -0.15) is 18.4 Å². The van der Waals surface area contributed by atoms with E-state index in [2.05, 4.69) is 4.98 Å². The summed E-state index contributed by atoms with van der Waals surface area (Å²) in [6, 6.07) is 1.73. The Morgan fingerprint density at radius 3 is 2.42 bits per heavy atom. The standard InChI is InChI=1S/C9H4F5N3O2/c10-8(11)6-4(1-2-15)3-5(17(18)19)7(16-6)9(12,13)14/h3,8H,1H2. The summed E-state index contributed by atoms with van der Waals surface area (Å²) in [6.45, 7) is 0. The van der Waals surface area contributed by atoms with Crippen LogP contribution in [0.3, 0.4) is 0 Å². The Bertz CT molecular complexity index is 550. The van der Waals surface area contributed by atoms with Crippen molar-refractivity contribution < 1.29 is 26.9 Å². The van der Waals surface area contributed by atoms with E-state index >= 15 is 0 Å². The third-order valence-corrected chi connectivity index (χ3v) is 2.06. The molecule has 19 heavy (non-hydrogen) atoms. The Balaban J connectivity index is 3.61. The van der Waals surface area contributed by atoms with Crippen molar-refractivity contribution >= 4 is 5.69 Å². The number of hydrogen-bond donors (Lipinski definition) is 0. The molecule has 5 nitrogen and oxygen atoms in total. The number of nitro groups is 1. The molecule has 0 aromatic carbocycles. The topological polar surface area (TPSA) is 79.8 Å². The smallest absolute Gasteiger partial charge is 0.258 e. The molecule has 0 N–H and O–H groups in total. The van der Waals surface area contributed by atoms with E-state index in [4.69, 9.17) is 5.26 Å². The zero-order chi connectivity index (χ0) is 14.8. The highest BCUT2D eigenvalue weighted by molar-refractivity contribution is 5.44. The molecular formula is C9H4F5N3O2. The minimum absolute atomic E-state index is 0.306. The Kier molecular flexibility index (Phi) is 3.98. The predicted molar refractivity (Wildman–Crippen MR) is 50.2 cm³/mol. The number of pyridine rings is 1. The highest BCUT2D eigenvalue weighted by Gasteiger charge is 2.42. The maximum absolute atomic E-state index is 12.5. The van der Waals surface area contributed by atoms with Crippen molar-refractivity contribution in [2.75, 3.05) is 0 Å². The Labute approximate surface area is 102 Å². The van der Waals surface area contributed by atoms with Crippen LogP contribution in [-0.4, -0.2) is 9.91 Å². The number of aromatic nitrogens is 1. The van der Waals surface area contributed by atoms with Crippen molar-refractivity contribution in [2.45, 2.75) is 19.0 Å². The van der Waals surface area contributed by atoms with Gasteiger partial charge in [-0.15, -0.1) is 0 Å². The fourth-order valence-electron chi connectivity index (χ4n) is 1.32. The van der Waals surface area contributed by atoms with Gasteiger partial charge in [0, 0.05) is 11.6 Å². The van der Waals surface area contributed by atoms with Crippen LogP contribution >= 0.6 is 0 Å². The monoisotopic (exact) mass is 281 g/mol. The van der Waals surface area contributed by atoms with Gasteiger partial charge in [0.05, 0.1) is 17.4 Å². The van der Waals surface area contributed by atoms with Gasteiger partial charge in [-0.1, -0.05) is 0 Å². The van der Waals surface area contributed by atoms with Gasteiger partial charge in [-0.3, -0.25) is 10.1 Å². The fraction of sp³-hybridized carbons (Fsp3) is 0.333. The zero-order valence-corrected chi connectivity index (χ0v) is 8.91. The molecule has 1 heterocycles. The lowest BCUT2D eigenvalue weighted by Gasteiger charge is -2.11. The lowest BCUT2D eigenvalue weighted by molar-refractivity contribution is -0.388. The van der Waals surface area contributed by atoms with E-state index in [0.29, 0.717) is 6.07 Å². The van der Waals surface area contributed by atoms with Crippen molar-refractivity contribution in [2.24, 2.45) is 0 Å². The Morgan fingerprint density at radius 1 is 1.47 bits per heavy atom. The van der Waals surface area contributed by atoms with E-state index in [1.807, 2.05) is 0 Å². The summed E-state index contributed by atoms with van der Waals surface area (Å²) >= 11 is 0. The van der Waals surface area contributed by atoms with E-state index in [1.54, 1.807) is 0 Å². The molecule has 1 rings (SSSR count). The van der Waals surface area contributed by atoms with E-state index < -0.39 is 46.6 Å². The number of nitrogens with zero attached hydrogens (tertiary/aromatic N) is 3. The van der Waals surface area contributed by atoms with E-state index in [0.717, 1.165) is 0 Å². The molecule has 102 valence electrons. The third kappa shape index (κ3) is 3.12. The molecular weight excluding hydrogens is 277 g/mol. The first-order valence-corrected chi connectivity index (χ1v) is 4.59. The summed E-state index contributed by atoms with van der Waals surface area (Å²) < 4.78 is 62.6. The summed E-state index contributed by atoms with van der Waals surface area (Å²) in [4.78, 5) is 11.7. The molecule has 0 unspecified atom stereocenters. The largest absolute Gasteiger partial charge is 0.440 e. The second-order valence-electron chi connectivity index (χ2n) is 3.29. The van der Waals surface area contributed by atoms with Crippen molar-refractivity contribution in [3.05, 3.63) is 33.1 Å². The number of halogens is 5. The van der Waals surface area contributed by atoms with Gasteiger partial charge in [0.25, 0.3) is 12.1 Å². The van der Waals surface area contributed by atoms with Crippen molar-refractivity contribution in [1.82, 2.24) is 4.98 Å². The fourth-order valence-corrected chi connectivity index (χ4v) is 1.32. The molecule has 0 fully saturated rings. The minimum Gasteiger partial charge on any atom is -0.258 e. The second kappa shape index (κ2) is 5.13. The molecule has 0 amide bonds. The molecule has 1 aromatic rings. The first-order valence-electron chi connectivity index (χ1n) is 4.59. The summed E-state index contributed by atoms with van der Waals surface area (Å²) in [6.07, 6.45) is -9.31. The molecule has 0 atom stereocenters. The van der Waals surface area contributed by atoms with Crippen LogP contribution < -0.4 is 0 Å². The maximum atomic E-state index is 12.5. The van der Waals surface area contributed by atoms with Crippen LogP contribution in [0, 0.1) is 21.4 Å². The third-order valence-electron chi connectivity index (χ3n) is 2.06. The van der Waals surface area contributed by atoms with Gasteiger partial charge in [0.1, 0.15) is 5.69 Å². The van der Waals surface area contributed by atoms with Gasteiger partial charge in [-0.25, -0.2) is 13.8 Å². The summed E-state index contributed by atoms with van der Waals surface area (Å²) in [7, 11) is 0. The number of rotatable bonds is 3. The van der Waals surface area contributed by atoms with Gasteiger partial charge >= 0.3 is 6.18 Å². The number of hydrogen-bond acceptors (Lipinski definition) is 4. The van der Waals surface area contributed by atoms with Gasteiger partial charge in [0.2, 0.25) is 5.69 Å². The normalized spacial score (nSPS) is 11.4. The Hall–Kier alpha value is -2.31. The summed E-state index contributed by atoms with van der Waals surface area (Å²) in [5.41, 5.74) is -5.34. The molecule has 0 aliphatic carbocycles. The zero-order valence-electron chi connectivity index (χ0n) is 8.91. The Morgan fingerprint density at radius 2 is 2.05 bits per heavy atom. The van der Waals surface area contributed by atoms with Crippen LogP contribution in [0.15, 0.2) is 6.07 Å². The molecule has 10 heteroatoms. The number of nitriles is 1. The highest BCUT2D eigenvalue weighted by Crippen LogP contribution is 2.37. The first-order chi connectivity index (χ1) is 8.68. The average molecular weight is 281 g/mol. The van der Waals surface area contributed by atoms with Crippen molar-refractivity contribution in [3.8, 4) is 6.07 Å². The van der Waals surface area contributed by atoms with Crippen LogP contribution in [0.2, 0.25) is 0 Å². The van der Waals surface area contributed by atoms with E-state index in [1.165, 1.54) is 6.07 Å². The first kappa shape index (κ1) is 14.7.